The number of nitrogen functional groups attached to an aromatic ring is 1. The highest BCUT2D eigenvalue weighted by Gasteiger charge is 2.16. The van der Waals surface area contributed by atoms with Gasteiger partial charge in [-0.05, 0) is 22.4 Å². The number of carbonyl (C=O) groups excluding carboxylic acids is 1. The molecule has 0 aliphatic carbocycles. The Bertz CT molecular complexity index is 626. The van der Waals surface area contributed by atoms with Crippen molar-refractivity contribution >= 4 is 28.6 Å². The maximum atomic E-state index is 12.0. The van der Waals surface area contributed by atoms with Crippen molar-refractivity contribution in [1.29, 1.82) is 0 Å². The SMILES string of the molecule is Nc1cc2c(cc1NC(=O)Cc1ccsc1)OCCO2. The lowest BCUT2D eigenvalue weighted by molar-refractivity contribution is -0.115. The fourth-order valence-electron chi connectivity index (χ4n) is 1.99. The van der Waals surface area contributed by atoms with E-state index in [-0.39, 0.29) is 5.91 Å². The molecule has 0 spiro atoms. The number of thiophene rings is 1. The van der Waals surface area contributed by atoms with E-state index in [1.807, 2.05) is 16.8 Å². The fourth-order valence-corrected chi connectivity index (χ4v) is 2.65. The van der Waals surface area contributed by atoms with Gasteiger partial charge in [0.05, 0.1) is 17.8 Å². The molecule has 0 unspecified atom stereocenters. The Morgan fingerprint density at radius 3 is 2.75 bits per heavy atom. The van der Waals surface area contributed by atoms with E-state index in [1.54, 1.807) is 23.5 Å². The van der Waals surface area contributed by atoms with E-state index < -0.39 is 0 Å². The average Bonchev–Trinajstić information content (AvgIpc) is 2.92. The summed E-state index contributed by atoms with van der Waals surface area (Å²) in [6.45, 7) is 1.01. The van der Waals surface area contributed by atoms with Gasteiger partial charge in [-0.2, -0.15) is 11.3 Å². The lowest BCUT2D eigenvalue weighted by atomic mass is 10.2. The summed E-state index contributed by atoms with van der Waals surface area (Å²) in [5.74, 6) is 1.12. The van der Waals surface area contributed by atoms with Gasteiger partial charge in [-0.25, -0.2) is 0 Å². The minimum atomic E-state index is -0.105. The maximum absolute atomic E-state index is 12.0. The molecule has 0 saturated heterocycles. The molecule has 1 aliphatic rings. The first-order valence-electron chi connectivity index (χ1n) is 6.22. The monoisotopic (exact) mass is 290 g/mol. The second kappa shape index (κ2) is 5.42. The Morgan fingerprint density at radius 1 is 1.30 bits per heavy atom. The van der Waals surface area contributed by atoms with Crippen LogP contribution in [0.25, 0.3) is 0 Å². The summed E-state index contributed by atoms with van der Waals surface area (Å²) >= 11 is 1.57. The van der Waals surface area contributed by atoms with Gasteiger partial charge in [0.2, 0.25) is 5.91 Å². The largest absolute Gasteiger partial charge is 0.486 e. The Kier molecular flexibility index (Phi) is 3.47. The van der Waals surface area contributed by atoms with Gasteiger partial charge in [-0.15, -0.1) is 0 Å². The summed E-state index contributed by atoms with van der Waals surface area (Å²) in [5.41, 5.74) is 7.92. The molecule has 3 rings (SSSR count). The van der Waals surface area contributed by atoms with Crippen LogP contribution < -0.4 is 20.5 Å². The molecular formula is C14H14N2O3S. The predicted molar refractivity (Wildman–Crippen MR) is 78.5 cm³/mol. The lowest BCUT2D eigenvalue weighted by Gasteiger charge is -2.20. The molecule has 0 bridgehead atoms. The van der Waals surface area contributed by atoms with Gasteiger partial charge < -0.3 is 20.5 Å². The van der Waals surface area contributed by atoms with Gasteiger partial charge in [0.25, 0.3) is 0 Å². The highest BCUT2D eigenvalue weighted by Crippen LogP contribution is 2.36. The van der Waals surface area contributed by atoms with E-state index in [0.29, 0.717) is 42.5 Å². The van der Waals surface area contributed by atoms with Crippen LogP contribution in [-0.2, 0) is 11.2 Å². The van der Waals surface area contributed by atoms with Crippen LogP contribution in [0.1, 0.15) is 5.56 Å². The van der Waals surface area contributed by atoms with Crippen LogP contribution in [0, 0.1) is 0 Å². The molecule has 1 amide bonds. The van der Waals surface area contributed by atoms with E-state index in [0.717, 1.165) is 5.56 Å². The molecule has 5 nitrogen and oxygen atoms in total. The molecule has 1 aliphatic heterocycles. The molecule has 2 aromatic rings. The van der Waals surface area contributed by atoms with Crippen molar-refractivity contribution in [2.75, 3.05) is 24.3 Å². The van der Waals surface area contributed by atoms with Crippen molar-refractivity contribution < 1.29 is 14.3 Å². The second-order valence-corrected chi connectivity index (χ2v) is 5.22. The Hall–Kier alpha value is -2.21. The summed E-state index contributed by atoms with van der Waals surface area (Å²) in [4.78, 5) is 12.0. The number of benzene rings is 1. The first kappa shape index (κ1) is 12.8. The molecule has 0 atom stereocenters. The number of amides is 1. The third-order valence-corrected chi connectivity index (χ3v) is 3.67. The second-order valence-electron chi connectivity index (χ2n) is 4.44. The molecule has 1 aromatic heterocycles. The fraction of sp³-hybridized carbons (Fsp3) is 0.214. The smallest absolute Gasteiger partial charge is 0.228 e. The number of hydrogen-bond acceptors (Lipinski definition) is 5. The van der Waals surface area contributed by atoms with Gasteiger partial charge in [0, 0.05) is 12.1 Å². The zero-order chi connectivity index (χ0) is 13.9. The maximum Gasteiger partial charge on any atom is 0.228 e. The van der Waals surface area contributed by atoms with Crippen molar-refractivity contribution in [1.82, 2.24) is 0 Å². The Balaban J connectivity index is 1.75. The quantitative estimate of drug-likeness (QED) is 0.851. The molecule has 2 heterocycles. The van der Waals surface area contributed by atoms with Crippen LogP contribution in [0.2, 0.25) is 0 Å². The Morgan fingerprint density at radius 2 is 2.05 bits per heavy atom. The number of carbonyl (C=O) groups is 1. The molecule has 0 saturated carbocycles. The number of anilines is 2. The number of ether oxygens (including phenoxy) is 2. The first-order chi connectivity index (χ1) is 9.72. The van der Waals surface area contributed by atoms with Crippen LogP contribution in [0.15, 0.2) is 29.0 Å². The minimum absolute atomic E-state index is 0.105. The zero-order valence-electron chi connectivity index (χ0n) is 10.7. The van der Waals surface area contributed by atoms with Crippen LogP contribution in [0.4, 0.5) is 11.4 Å². The molecule has 0 fully saturated rings. The van der Waals surface area contributed by atoms with E-state index in [2.05, 4.69) is 5.32 Å². The van der Waals surface area contributed by atoms with Crippen LogP contribution >= 0.6 is 11.3 Å². The van der Waals surface area contributed by atoms with Crippen molar-refractivity contribution in [3.63, 3.8) is 0 Å². The standard InChI is InChI=1S/C14H14N2O3S/c15-10-6-12-13(19-3-2-18-12)7-11(10)16-14(17)5-9-1-4-20-8-9/h1,4,6-8H,2-3,5,15H2,(H,16,17). The first-order valence-corrected chi connectivity index (χ1v) is 7.17. The van der Waals surface area contributed by atoms with E-state index in [4.69, 9.17) is 15.2 Å². The number of fused-ring (bicyclic) bond motifs is 1. The van der Waals surface area contributed by atoms with Gasteiger partial charge in [0.15, 0.2) is 11.5 Å². The van der Waals surface area contributed by atoms with Gasteiger partial charge in [-0.1, -0.05) is 0 Å². The number of rotatable bonds is 3. The van der Waals surface area contributed by atoms with Crippen molar-refractivity contribution in [2.45, 2.75) is 6.42 Å². The van der Waals surface area contributed by atoms with E-state index >= 15 is 0 Å². The van der Waals surface area contributed by atoms with Gasteiger partial charge in [-0.3, -0.25) is 4.79 Å². The summed E-state index contributed by atoms with van der Waals surface area (Å²) < 4.78 is 10.9. The molecule has 6 heteroatoms. The van der Waals surface area contributed by atoms with Gasteiger partial charge in [0.1, 0.15) is 13.2 Å². The number of nitrogens with one attached hydrogen (secondary N) is 1. The summed E-state index contributed by atoms with van der Waals surface area (Å²) in [5, 5.41) is 6.70. The highest BCUT2D eigenvalue weighted by molar-refractivity contribution is 7.08. The van der Waals surface area contributed by atoms with Crippen LogP contribution in [0.3, 0.4) is 0 Å². The molecule has 1 aromatic carbocycles. The predicted octanol–water partition coefficient (Wildman–Crippen LogP) is 2.28. The van der Waals surface area contributed by atoms with Crippen LogP contribution in [0.5, 0.6) is 11.5 Å². The van der Waals surface area contributed by atoms with Crippen LogP contribution in [-0.4, -0.2) is 19.1 Å². The average molecular weight is 290 g/mol. The molecule has 20 heavy (non-hydrogen) atoms. The third-order valence-electron chi connectivity index (χ3n) is 2.93. The third kappa shape index (κ3) is 2.70. The summed E-state index contributed by atoms with van der Waals surface area (Å²) in [7, 11) is 0. The van der Waals surface area contributed by atoms with Crippen molar-refractivity contribution in [3.8, 4) is 11.5 Å². The number of hydrogen-bond donors (Lipinski definition) is 2. The van der Waals surface area contributed by atoms with Crippen molar-refractivity contribution in [2.24, 2.45) is 0 Å². The normalized spacial score (nSPS) is 13.0. The molecular weight excluding hydrogens is 276 g/mol. The highest BCUT2D eigenvalue weighted by atomic mass is 32.1. The molecule has 3 N–H and O–H groups in total. The van der Waals surface area contributed by atoms with E-state index in [9.17, 15) is 4.79 Å². The van der Waals surface area contributed by atoms with E-state index in [1.165, 1.54) is 0 Å². The van der Waals surface area contributed by atoms with Gasteiger partial charge >= 0.3 is 0 Å². The lowest BCUT2D eigenvalue weighted by Crippen LogP contribution is -2.18. The van der Waals surface area contributed by atoms with Crippen molar-refractivity contribution in [3.05, 3.63) is 34.5 Å². The summed E-state index contributed by atoms with van der Waals surface area (Å²) in [6, 6.07) is 5.31. The minimum Gasteiger partial charge on any atom is -0.486 e. The Labute approximate surface area is 120 Å². The number of nitrogens with two attached hydrogens (primary N) is 1. The molecule has 0 radical (unpaired) electrons. The topological polar surface area (TPSA) is 73.6 Å². The summed E-state index contributed by atoms with van der Waals surface area (Å²) in [6.07, 6.45) is 0.331. The molecule has 104 valence electrons. The zero-order valence-corrected chi connectivity index (χ0v) is 11.5.